The summed E-state index contributed by atoms with van der Waals surface area (Å²) >= 11 is 0. The van der Waals surface area contributed by atoms with Crippen LogP contribution in [0, 0.1) is 0 Å². The van der Waals surface area contributed by atoms with Crippen molar-refractivity contribution in [1.82, 2.24) is 15.5 Å². The van der Waals surface area contributed by atoms with Gasteiger partial charge in [-0.25, -0.2) is 0 Å². The van der Waals surface area contributed by atoms with E-state index in [1.807, 2.05) is 60.7 Å². The minimum absolute atomic E-state index is 0.175. The molecule has 2 atom stereocenters. The van der Waals surface area contributed by atoms with Gasteiger partial charge in [0.2, 0.25) is 17.7 Å². The quantitative estimate of drug-likeness (QED) is 0.693. The van der Waals surface area contributed by atoms with Gasteiger partial charge < -0.3 is 15.5 Å². The van der Waals surface area contributed by atoms with Crippen LogP contribution in [-0.4, -0.2) is 48.3 Å². The molecule has 1 fully saturated rings. The number of hydrogen-bond donors (Lipinski definition) is 2. The number of rotatable bonds is 7. The molecule has 0 saturated carbocycles. The molecule has 1 aliphatic heterocycles. The molecule has 3 rings (SSSR count). The molecule has 6 nitrogen and oxygen atoms in total. The van der Waals surface area contributed by atoms with Gasteiger partial charge in [-0.15, -0.1) is 0 Å². The van der Waals surface area contributed by atoms with Crippen molar-refractivity contribution in [3.63, 3.8) is 0 Å². The van der Waals surface area contributed by atoms with Crippen molar-refractivity contribution in [2.45, 2.75) is 31.3 Å². The first-order valence-corrected chi connectivity index (χ1v) is 10.2. The zero-order valence-electron chi connectivity index (χ0n) is 17.1. The fraction of sp³-hybridized carbons (Fsp3) is 0.292. The fourth-order valence-corrected chi connectivity index (χ4v) is 3.42. The van der Waals surface area contributed by atoms with E-state index in [1.165, 1.54) is 11.0 Å². The molecule has 2 N–H and O–H groups in total. The Kier molecular flexibility index (Phi) is 7.38. The Morgan fingerprint density at radius 1 is 1.13 bits per heavy atom. The average molecular weight is 405 g/mol. The van der Waals surface area contributed by atoms with E-state index in [4.69, 9.17) is 0 Å². The van der Waals surface area contributed by atoms with Gasteiger partial charge in [-0.2, -0.15) is 0 Å². The van der Waals surface area contributed by atoms with E-state index in [-0.39, 0.29) is 17.7 Å². The number of piperidine rings is 1. The van der Waals surface area contributed by atoms with Gasteiger partial charge in [0, 0.05) is 26.1 Å². The van der Waals surface area contributed by atoms with Gasteiger partial charge >= 0.3 is 0 Å². The highest BCUT2D eigenvalue weighted by molar-refractivity contribution is 5.96. The van der Waals surface area contributed by atoms with Crippen molar-refractivity contribution in [1.29, 1.82) is 0 Å². The van der Waals surface area contributed by atoms with E-state index in [0.717, 1.165) is 17.5 Å². The van der Waals surface area contributed by atoms with Crippen molar-refractivity contribution < 1.29 is 14.4 Å². The van der Waals surface area contributed by atoms with Crippen molar-refractivity contribution in [3.05, 3.63) is 77.9 Å². The summed E-state index contributed by atoms with van der Waals surface area (Å²) in [6.45, 7) is 0.626. The minimum atomic E-state index is -0.727. The Morgan fingerprint density at radius 3 is 2.47 bits per heavy atom. The van der Waals surface area contributed by atoms with Crippen LogP contribution in [0.25, 0.3) is 6.08 Å². The van der Waals surface area contributed by atoms with Gasteiger partial charge in [-0.3, -0.25) is 14.4 Å². The van der Waals surface area contributed by atoms with Crippen molar-refractivity contribution in [2.75, 3.05) is 13.6 Å². The predicted octanol–water partition coefficient (Wildman–Crippen LogP) is 2.16. The van der Waals surface area contributed by atoms with Crippen LogP contribution in [0.2, 0.25) is 0 Å². The van der Waals surface area contributed by atoms with Crippen LogP contribution in [0.15, 0.2) is 66.7 Å². The van der Waals surface area contributed by atoms with Crippen LogP contribution in [0.4, 0.5) is 0 Å². The molecule has 0 unspecified atom stereocenters. The van der Waals surface area contributed by atoms with Crippen molar-refractivity contribution in [2.24, 2.45) is 0 Å². The number of nitrogens with one attached hydrogen (secondary N) is 2. The highest BCUT2D eigenvalue weighted by Gasteiger charge is 2.31. The molecule has 0 aliphatic carbocycles. The number of amides is 3. The number of carbonyl (C=O) groups excluding carboxylic acids is 3. The third kappa shape index (κ3) is 5.80. The van der Waals surface area contributed by atoms with Crippen LogP contribution in [0.5, 0.6) is 0 Å². The molecule has 2 aromatic carbocycles. The molecule has 2 aromatic rings. The van der Waals surface area contributed by atoms with Crippen LogP contribution in [-0.2, 0) is 20.8 Å². The van der Waals surface area contributed by atoms with Gasteiger partial charge in [-0.05, 0) is 30.0 Å². The van der Waals surface area contributed by atoms with E-state index in [1.54, 1.807) is 13.1 Å². The van der Waals surface area contributed by atoms with Gasteiger partial charge in [0.1, 0.15) is 12.1 Å². The Hall–Kier alpha value is -3.41. The average Bonchev–Trinajstić information content (AvgIpc) is 2.78. The molecule has 30 heavy (non-hydrogen) atoms. The molecule has 3 amide bonds. The molecule has 0 aromatic heterocycles. The first-order chi connectivity index (χ1) is 14.5. The molecule has 6 heteroatoms. The highest BCUT2D eigenvalue weighted by atomic mass is 16.2. The SMILES string of the molecule is CN(C(=O)/C=C/c1ccccc1)[C@@H](Cc1ccccc1)C(=O)N[C@H]1CCCNC1=O. The predicted molar refractivity (Wildman–Crippen MR) is 116 cm³/mol. The molecule has 1 heterocycles. The highest BCUT2D eigenvalue weighted by Crippen LogP contribution is 2.12. The largest absolute Gasteiger partial charge is 0.354 e. The summed E-state index contributed by atoms with van der Waals surface area (Å²) in [6, 6.07) is 17.8. The zero-order chi connectivity index (χ0) is 21.3. The van der Waals surface area contributed by atoms with Crippen LogP contribution in [0.1, 0.15) is 24.0 Å². The summed E-state index contributed by atoms with van der Waals surface area (Å²) in [7, 11) is 1.62. The maximum absolute atomic E-state index is 13.1. The third-order valence-corrected chi connectivity index (χ3v) is 5.21. The van der Waals surface area contributed by atoms with Crippen LogP contribution < -0.4 is 10.6 Å². The number of nitrogens with zero attached hydrogens (tertiary/aromatic N) is 1. The lowest BCUT2D eigenvalue weighted by molar-refractivity contribution is -0.137. The maximum atomic E-state index is 13.1. The lowest BCUT2D eigenvalue weighted by Gasteiger charge is -2.30. The van der Waals surface area contributed by atoms with E-state index >= 15 is 0 Å². The van der Waals surface area contributed by atoms with E-state index in [0.29, 0.717) is 19.4 Å². The second-order valence-corrected chi connectivity index (χ2v) is 7.39. The molecule has 0 spiro atoms. The monoisotopic (exact) mass is 405 g/mol. The maximum Gasteiger partial charge on any atom is 0.247 e. The van der Waals surface area contributed by atoms with Gasteiger partial charge in [0.25, 0.3) is 0 Å². The zero-order valence-corrected chi connectivity index (χ0v) is 17.1. The molecule has 156 valence electrons. The van der Waals surface area contributed by atoms with Gasteiger partial charge in [-0.1, -0.05) is 60.7 Å². The fourth-order valence-electron chi connectivity index (χ4n) is 3.42. The molecule has 1 aliphatic rings. The van der Waals surface area contributed by atoms with Crippen LogP contribution in [0.3, 0.4) is 0 Å². The smallest absolute Gasteiger partial charge is 0.247 e. The van der Waals surface area contributed by atoms with Crippen LogP contribution >= 0.6 is 0 Å². The minimum Gasteiger partial charge on any atom is -0.354 e. The molecule has 0 radical (unpaired) electrons. The van der Waals surface area contributed by atoms with E-state index < -0.39 is 12.1 Å². The summed E-state index contributed by atoms with van der Waals surface area (Å²) in [6.07, 6.45) is 4.97. The standard InChI is InChI=1S/C24H27N3O3/c1-27(22(28)15-14-18-9-4-2-5-10-18)21(17-19-11-6-3-7-12-19)24(30)26-20-13-8-16-25-23(20)29/h2-7,9-12,14-15,20-21H,8,13,16-17H2,1H3,(H,25,29)(H,26,30)/b15-14+/t20-,21-/m0/s1. The number of carbonyl (C=O) groups is 3. The molecular weight excluding hydrogens is 378 g/mol. The molecular formula is C24H27N3O3. The summed E-state index contributed by atoms with van der Waals surface area (Å²) in [4.78, 5) is 39.4. The topological polar surface area (TPSA) is 78.5 Å². The Bertz CT molecular complexity index is 896. The lowest BCUT2D eigenvalue weighted by Crippen LogP contribution is -2.56. The lowest BCUT2D eigenvalue weighted by atomic mass is 10.0. The molecule has 0 bridgehead atoms. The van der Waals surface area contributed by atoms with E-state index in [9.17, 15) is 14.4 Å². The number of likely N-dealkylation sites (N-methyl/N-ethyl adjacent to an activating group) is 1. The third-order valence-electron chi connectivity index (χ3n) is 5.21. The summed E-state index contributed by atoms with van der Waals surface area (Å²) < 4.78 is 0. The second-order valence-electron chi connectivity index (χ2n) is 7.39. The first kappa shape index (κ1) is 21.3. The summed E-state index contributed by atoms with van der Waals surface area (Å²) in [5, 5.41) is 5.60. The number of benzene rings is 2. The van der Waals surface area contributed by atoms with Crippen molar-refractivity contribution in [3.8, 4) is 0 Å². The van der Waals surface area contributed by atoms with Gasteiger partial charge in [0.15, 0.2) is 0 Å². The summed E-state index contributed by atoms with van der Waals surface area (Å²) in [5.41, 5.74) is 1.85. The molecule has 1 saturated heterocycles. The number of hydrogen-bond acceptors (Lipinski definition) is 3. The first-order valence-electron chi connectivity index (χ1n) is 10.2. The second kappa shape index (κ2) is 10.4. The Morgan fingerprint density at radius 2 is 1.80 bits per heavy atom. The van der Waals surface area contributed by atoms with E-state index in [2.05, 4.69) is 10.6 Å². The Balaban J connectivity index is 1.75. The van der Waals surface area contributed by atoms with Crippen molar-refractivity contribution >= 4 is 23.8 Å². The normalized spacial score (nSPS) is 17.2. The summed E-state index contributed by atoms with van der Waals surface area (Å²) in [5.74, 6) is -0.779. The van der Waals surface area contributed by atoms with Gasteiger partial charge in [0.05, 0.1) is 0 Å². The Labute approximate surface area is 177 Å².